The Kier molecular flexibility index (Phi) is 5.56. The summed E-state index contributed by atoms with van der Waals surface area (Å²) in [6.45, 7) is 0. The van der Waals surface area contributed by atoms with Crippen LogP contribution < -0.4 is 0 Å². The molecule has 0 bridgehead atoms. The smallest absolute Gasteiger partial charge is 0.232 e. The lowest BCUT2D eigenvalue weighted by Crippen LogP contribution is -1.56. The molecule has 0 atom stereocenters. The van der Waals surface area contributed by atoms with Crippen LogP contribution in [0.5, 0.6) is 0 Å². The molecule has 52 valence electrons. The van der Waals surface area contributed by atoms with E-state index in [9.17, 15) is 0 Å². The highest BCUT2D eigenvalue weighted by Gasteiger charge is 1.58. The van der Waals surface area contributed by atoms with E-state index in [1.165, 1.54) is 0 Å². The topological polar surface area (TPSA) is 34.1 Å². The Balaban J connectivity index is 0. The van der Waals surface area contributed by atoms with Gasteiger partial charge in [-0.05, 0) is 10.8 Å². The molecule has 0 aliphatic carbocycles. The number of thiol groups is 1. The largest absolute Gasteiger partial charge is 1.00 e. The van der Waals surface area contributed by atoms with Crippen LogP contribution in [0, 0.1) is 0 Å². The first-order valence-corrected chi connectivity index (χ1v) is 4.85. The number of hydrogen-bond acceptors (Lipinski definition) is 3. The first kappa shape index (κ1) is 8.65. The molecule has 4 heteroatoms. The molecule has 0 radical (unpaired) electrons. The van der Waals surface area contributed by atoms with Crippen LogP contribution in [-0.2, 0) is 10.7 Å². The molecule has 0 unspecified atom stereocenters. The molecule has 0 aliphatic heterocycles. The first-order valence-electron chi connectivity index (χ1n) is 2.28. The van der Waals surface area contributed by atoms with Crippen molar-refractivity contribution in [2.45, 2.75) is 0 Å². The van der Waals surface area contributed by atoms with Crippen LogP contribution in [0.1, 0.15) is 1.43 Å². The molecule has 0 amide bonds. The highest BCUT2D eigenvalue weighted by molar-refractivity contribution is 7.71. The van der Waals surface area contributed by atoms with Gasteiger partial charge < -0.3 is 0 Å². The maximum absolute atomic E-state index is 9.04. The van der Waals surface area contributed by atoms with Gasteiger partial charge in [-0.15, -0.1) is 0 Å². The van der Waals surface area contributed by atoms with E-state index in [4.69, 9.17) is 8.42 Å². The van der Waals surface area contributed by atoms with Crippen LogP contribution in [0.15, 0.2) is 22.9 Å². The summed E-state index contributed by atoms with van der Waals surface area (Å²) in [6, 6.07) is 4.04. The van der Waals surface area contributed by atoms with Gasteiger partial charge in [0, 0.05) is 6.26 Å². The monoisotopic (exact) mass is 165 g/mol. The van der Waals surface area contributed by atoms with Crippen LogP contribution in [0.2, 0.25) is 0 Å². The van der Waals surface area contributed by atoms with Gasteiger partial charge >= 0.3 is 1.43 Å². The summed E-state index contributed by atoms with van der Waals surface area (Å²) in [6.07, 6.45) is 1.12. The van der Waals surface area contributed by atoms with Crippen molar-refractivity contribution < 1.29 is 9.84 Å². The summed E-state index contributed by atoms with van der Waals surface area (Å²) >= 11 is 1.71. The van der Waals surface area contributed by atoms with Gasteiger partial charge in [-0.3, -0.25) is 0 Å². The molecule has 1 rings (SSSR count). The van der Waals surface area contributed by atoms with Crippen molar-refractivity contribution in [2.24, 2.45) is 0 Å². The molecule has 2 nitrogen and oxygen atoms in total. The highest BCUT2D eigenvalue weighted by Crippen LogP contribution is 1.91. The maximum atomic E-state index is 9.04. The third-order valence-corrected chi connectivity index (χ3v) is 1.05. The second-order valence-electron chi connectivity index (χ2n) is 1.23. The quantitative estimate of drug-likeness (QED) is 0.584. The summed E-state index contributed by atoms with van der Waals surface area (Å²) in [5, 5.41) is 4.08. The molecule has 1 aromatic heterocycles. The fraction of sp³-hybridized carbons (Fsp3) is 0.200. The van der Waals surface area contributed by atoms with Crippen molar-refractivity contribution in [1.29, 1.82) is 0 Å². The number of hydrogen-bond donors (Lipinski definition) is 1. The van der Waals surface area contributed by atoms with Crippen LogP contribution in [0.25, 0.3) is 0 Å². The van der Waals surface area contributed by atoms with E-state index in [0.29, 0.717) is 0 Å². The molecular formula is C5H9O2S2+. The normalized spacial score (nSPS) is 8.22. The zero-order chi connectivity index (χ0) is 7.11. The van der Waals surface area contributed by atoms with E-state index in [-0.39, 0.29) is 1.43 Å². The molecule has 0 fully saturated rings. The van der Waals surface area contributed by atoms with Crippen LogP contribution in [0.3, 0.4) is 0 Å². The number of rotatable bonds is 0. The Morgan fingerprint density at radius 3 is 1.78 bits per heavy atom. The predicted octanol–water partition coefficient (Wildman–Crippen LogP) is 1.09. The zero-order valence-electron chi connectivity index (χ0n) is 5.98. The van der Waals surface area contributed by atoms with Gasteiger partial charge in [0.25, 0.3) is 0 Å². The summed E-state index contributed by atoms with van der Waals surface area (Å²) in [5.41, 5.74) is 0. The Hall–Kier alpha value is -0.350. The van der Waals surface area contributed by atoms with Gasteiger partial charge in [-0.2, -0.15) is 11.3 Å². The van der Waals surface area contributed by atoms with Crippen molar-refractivity contribution in [1.82, 2.24) is 0 Å². The average Bonchev–Trinajstić information content (AvgIpc) is 2.11. The van der Waals surface area contributed by atoms with Crippen LogP contribution >= 0.6 is 11.3 Å². The molecule has 0 aliphatic rings. The summed E-state index contributed by atoms with van der Waals surface area (Å²) in [5.74, 6) is 0. The third-order valence-electron chi connectivity index (χ3n) is 0.425. The van der Waals surface area contributed by atoms with Gasteiger partial charge in [0.1, 0.15) is 10.7 Å². The van der Waals surface area contributed by atoms with Crippen molar-refractivity contribution in [3.8, 4) is 0 Å². The molecule has 0 aromatic carbocycles. The van der Waals surface area contributed by atoms with Crippen molar-refractivity contribution in [3.05, 3.63) is 22.9 Å². The van der Waals surface area contributed by atoms with Gasteiger partial charge in [0.15, 0.2) is 0 Å². The van der Waals surface area contributed by atoms with Crippen molar-refractivity contribution in [2.75, 3.05) is 6.26 Å². The standard InChI is InChI=1S/C4H4S.CH4O2S/c1-2-4-5-3-1;1-4(2)3/h1-4H;4H,1H3/p+1. The Morgan fingerprint density at radius 2 is 1.67 bits per heavy atom. The van der Waals surface area contributed by atoms with Gasteiger partial charge in [-0.25, -0.2) is 8.42 Å². The molecule has 0 spiro atoms. The average molecular weight is 165 g/mol. The second-order valence-corrected chi connectivity index (χ2v) is 2.93. The molecule has 0 saturated carbocycles. The van der Waals surface area contributed by atoms with Crippen LogP contribution in [-0.4, -0.2) is 14.7 Å². The van der Waals surface area contributed by atoms with E-state index in [1.807, 2.05) is 22.9 Å². The van der Waals surface area contributed by atoms with E-state index >= 15 is 0 Å². The minimum Gasteiger partial charge on any atom is -0.232 e. The molecule has 1 aromatic rings. The Labute approximate surface area is 61.6 Å². The van der Waals surface area contributed by atoms with E-state index in [1.54, 1.807) is 11.3 Å². The molecule has 0 saturated heterocycles. The zero-order valence-corrected chi connectivity index (χ0v) is 6.69. The minimum absolute atomic E-state index is 0. The lowest BCUT2D eigenvalue weighted by atomic mass is 10.7. The van der Waals surface area contributed by atoms with E-state index in [2.05, 4.69) is 0 Å². The van der Waals surface area contributed by atoms with Gasteiger partial charge in [-0.1, -0.05) is 12.1 Å². The van der Waals surface area contributed by atoms with Gasteiger partial charge in [0.05, 0.1) is 0 Å². The molecule has 1 heterocycles. The fourth-order valence-corrected chi connectivity index (χ4v) is 0.680. The lowest BCUT2D eigenvalue weighted by molar-refractivity contribution is 0.619. The van der Waals surface area contributed by atoms with Crippen molar-refractivity contribution in [3.63, 3.8) is 0 Å². The molecular weight excluding hydrogens is 156 g/mol. The first-order chi connectivity index (χ1) is 4.23. The van der Waals surface area contributed by atoms with Crippen LogP contribution in [0.4, 0.5) is 0 Å². The van der Waals surface area contributed by atoms with E-state index < -0.39 is 10.7 Å². The summed E-state index contributed by atoms with van der Waals surface area (Å²) in [4.78, 5) is 0. The third kappa shape index (κ3) is 11.3. The predicted molar refractivity (Wildman–Crippen MR) is 41.7 cm³/mol. The summed E-state index contributed by atoms with van der Waals surface area (Å²) < 4.78 is 18.1. The SMILES string of the molecule is C[SH](=O)=O.[H+].c1ccsc1. The van der Waals surface area contributed by atoms with Gasteiger partial charge in [0.2, 0.25) is 0 Å². The second kappa shape index (κ2) is 5.78. The lowest BCUT2D eigenvalue weighted by Gasteiger charge is -1.41. The van der Waals surface area contributed by atoms with Crippen molar-refractivity contribution >= 4 is 22.0 Å². The summed E-state index contributed by atoms with van der Waals surface area (Å²) in [7, 11) is -2.12. The Bertz CT molecular complexity index is 168. The fourth-order valence-electron chi connectivity index (χ4n) is 0.227. The Morgan fingerprint density at radius 1 is 1.33 bits per heavy atom. The molecule has 9 heavy (non-hydrogen) atoms. The molecule has 0 N–H and O–H groups in total. The minimum atomic E-state index is -2.12. The highest BCUT2D eigenvalue weighted by atomic mass is 32.2. The number of thiophene rings is 1. The van der Waals surface area contributed by atoms with E-state index in [0.717, 1.165) is 6.26 Å². The maximum Gasteiger partial charge on any atom is 1.00 e.